The summed E-state index contributed by atoms with van der Waals surface area (Å²) in [7, 11) is 0. The Morgan fingerprint density at radius 2 is 2.15 bits per heavy atom. The molecule has 178 valence electrons. The molecule has 3 aromatic heterocycles. The maximum atomic E-state index is 13.1. The lowest BCUT2D eigenvalue weighted by Crippen LogP contribution is -2.40. The van der Waals surface area contributed by atoms with Gasteiger partial charge in [0, 0.05) is 36.7 Å². The molecule has 4 heterocycles. The number of nitrogens with one attached hydrogen (secondary N) is 3. The normalized spacial score (nSPS) is 19.5. The van der Waals surface area contributed by atoms with Crippen LogP contribution in [0.5, 0.6) is 0 Å². The second-order valence-electron chi connectivity index (χ2n) is 9.06. The van der Waals surface area contributed by atoms with E-state index in [1.54, 1.807) is 0 Å². The van der Waals surface area contributed by atoms with Crippen molar-refractivity contribution in [3.63, 3.8) is 0 Å². The number of aromatic nitrogens is 5. The van der Waals surface area contributed by atoms with Crippen molar-refractivity contribution < 1.29 is 14.3 Å². The minimum absolute atomic E-state index is 0.224. The highest BCUT2D eigenvalue weighted by molar-refractivity contribution is 5.96. The largest absolute Gasteiger partial charge is 0.392 e. The van der Waals surface area contributed by atoms with E-state index in [0.29, 0.717) is 55.0 Å². The van der Waals surface area contributed by atoms with Crippen LogP contribution in [0.3, 0.4) is 0 Å². The number of aromatic amines is 1. The summed E-state index contributed by atoms with van der Waals surface area (Å²) in [6, 6.07) is 4.14. The number of aliphatic hydroxyl groups excluding tert-OH is 1. The Kier molecular flexibility index (Phi) is 5.86. The molecule has 3 aromatic rings. The molecule has 11 heteroatoms. The van der Waals surface area contributed by atoms with Crippen molar-refractivity contribution >= 4 is 29.2 Å². The van der Waals surface area contributed by atoms with Crippen molar-refractivity contribution in [2.75, 3.05) is 22.1 Å². The van der Waals surface area contributed by atoms with Crippen LogP contribution in [0.1, 0.15) is 49.6 Å². The fraction of sp³-hybridized carbons (Fsp3) is 0.435. The van der Waals surface area contributed by atoms with Crippen molar-refractivity contribution in [3.05, 3.63) is 47.3 Å². The molecule has 0 radical (unpaired) electrons. The van der Waals surface area contributed by atoms with Crippen LogP contribution in [-0.4, -0.2) is 54.9 Å². The number of fused-ring (bicyclic) bond motifs is 1. The van der Waals surface area contributed by atoms with Gasteiger partial charge < -0.3 is 20.6 Å². The molecule has 0 saturated carbocycles. The van der Waals surface area contributed by atoms with E-state index in [9.17, 15) is 14.3 Å². The van der Waals surface area contributed by atoms with Crippen LogP contribution in [0.4, 0.5) is 27.7 Å². The van der Waals surface area contributed by atoms with Crippen molar-refractivity contribution in [2.45, 2.75) is 57.6 Å². The maximum absolute atomic E-state index is 13.1. The average Bonchev–Trinajstić information content (AvgIpc) is 3.54. The van der Waals surface area contributed by atoms with E-state index in [1.807, 2.05) is 11.0 Å². The third kappa shape index (κ3) is 4.43. The molecule has 1 fully saturated rings. The van der Waals surface area contributed by atoms with E-state index in [1.165, 1.54) is 18.3 Å². The van der Waals surface area contributed by atoms with Gasteiger partial charge in [-0.25, -0.2) is 9.97 Å². The van der Waals surface area contributed by atoms with E-state index in [2.05, 4.69) is 39.7 Å². The van der Waals surface area contributed by atoms with Gasteiger partial charge in [0.05, 0.1) is 23.7 Å². The molecule has 1 amide bonds. The number of hydrogen-bond acceptors (Lipinski definition) is 8. The Bertz CT molecular complexity index is 1200. The number of aliphatic hydroxyl groups is 1. The van der Waals surface area contributed by atoms with Crippen LogP contribution in [0.15, 0.2) is 24.4 Å². The Hall–Kier alpha value is -3.60. The molecule has 5 rings (SSSR count). The highest BCUT2D eigenvalue weighted by Crippen LogP contribution is 2.33. The summed E-state index contributed by atoms with van der Waals surface area (Å²) in [5.74, 6) is 1.13. The van der Waals surface area contributed by atoms with Crippen LogP contribution in [-0.2, 0) is 17.6 Å². The Morgan fingerprint density at radius 3 is 2.88 bits per heavy atom. The number of halogens is 1. The summed E-state index contributed by atoms with van der Waals surface area (Å²) in [6.07, 6.45) is 3.11. The van der Waals surface area contributed by atoms with Gasteiger partial charge in [-0.2, -0.15) is 14.5 Å². The molecule has 1 unspecified atom stereocenters. The lowest BCUT2D eigenvalue weighted by molar-refractivity contribution is -0.117. The predicted octanol–water partition coefficient (Wildman–Crippen LogP) is 2.67. The van der Waals surface area contributed by atoms with Crippen molar-refractivity contribution in [1.82, 2.24) is 25.1 Å². The van der Waals surface area contributed by atoms with Gasteiger partial charge in [-0.3, -0.25) is 9.89 Å². The molecule has 1 aliphatic heterocycles. The third-order valence-electron chi connectivity index (χ3n) is 6.22. The summed E-state index contributed by atoms with van der Waals surface area (Å²) in [4.78, 5) is 28.0. The minimum atomic E-state index is -0.605. The number of hydrogen-bond donors (Lipinski definition) is 4. The first-order chi connectivity index (χ1) is 16.4. The number of pyridine rings is 1. The van der Waals surface area contributed by atoms with Crippen molar-refractivity contribution in [1.29, 1.82) is 0 Å². The molecule has 1 saturated heterocycles. The maximum Gasteiger partial charge on any atom is 0.247 e. The lowest BCUT2D eigenvalue weighted by Gasteiger charge is -2.25. The molecule has 4 N–H and O–H groups in total. The first-order valence-electron chi connectivity index (χ1n) is 11.5. The zero-order chi connectivity index (χ0) is 23.8. The van der Waals surface area contributed by atoms with Crippen LogP contribution in [0.25, 0.3) is 0 Å². The van der Waals surface area contributed by atoms with E-state index >= 15 is 0 Å². The monoisotopic (exact) mass is 466 g/mol. The number of carbonyl (C=O) groups is 1. The average molecular weight is 467 g/mol. The highest BCUT2D eigenvalue weighted by Gasteiger charge is 2.35. The van der Waals surface area contributed by atoms with Gasteiger partial charge in [0.15, 0.2) is 5.82 Å². The lowest BCUT2D eigenvalue weighted by atomic mass is 10.1. The second-order valence-corrected chi connectivity index (χ2v) is 9.06. The quantitative estimate of drug-likeness (QED) is 0.408. The van der Waals surface area contributed by atoms with Gasteiger partial charge in [0.1, 0.15) is 11.9 Å². The molecule has 0 bridgehead atoms. The Labute approximate surface area is 196 Å². The van der Waals surface area contributed by atoms with Crippen LogP contribution in [0, 0.1) is 5.95 Å². The Morgan fingerprint density at radius 1 is 1.29 bits per heavy atom. The number of carbonyl (C=O) groups excluding carboxylic acids is 1. The van der Waals surface area contributed by atoms with Gasteiger partial charge >= 0.3 is 0 Å². The van der Waals surface area contributed by atoms with E-state index in [0.717, 1.165) is 23.4 Å². The van der Waals surface area contributed by atoms with Gasteiger partial charge in [-0.1, -0.05) is 13.8 Å². The second kappa shape index (κ2) is 8.98. The van der Waals surface area contributed by atoms with E-state index in [-0.39, 0.29) is 5.91 Å². The molecular weight excluding hydrogens is 439 g/mol. The molecule has 1 aliphatic carbocycles. The number of amides is 1. The minimum Gasteiger partial charge on any atom is -0.392 e. The SMILES string of the molecule is CC(C)c1cc(Nc2nc(N3CCCC3C(=O)Nc3ccc(F)nc3)nc3c2C[C@@H](O)C3)n[nH]1. The van der Waals surface area contributed by atoms with Gasteiger partial charge in [0.25, 0.3) is 0 Å². The molecule has 34 heavy (non-hydrogen) atoms. The zero-order valence-electron chi connectivity index (χ0n) is 19.0. The van der Waals surface area contributed by atoms with Gasteiger partial charge in [0.2, 0.25) is 17.8 Å². The van der Waals surface area contributed by atoms with Crippen LogP contribution in [0.2, 0.25) is 0 Å². The predicted molar refractivity (Wildman–Crippen MR) is 125 cm³/mol. The van der Waals surface area contributed by atoms with E-state index < -0.39 is 18.1 Å². The number of rotatable bonds is 6. The Balaban J connectivity index is 1.42. The fourth-order valence-corrected chi connectivity index (χ4v) is 4.44. The van der Waals surface area contributed by atoms with E-state index in [4.69, 9.17) is 9.97 Å². The topological polar surface area (TPSA) is 132 Å². The molecule has 2 atom stereocenters. The summed E-state index contributed by atoms with van der Waals surface area (Å²) in [6.45, 7) is 4.78. The molecule has 10 nitrogen and oxygen atoms in total. The summed E-state index contributed by atoms with van der Waals surface area (Å²) >= 11 is 0. The summed E-state index contributed by atoms with van der Waals surface area (Å²) < 4.78 is 13.1. The highest BCUT2D eigenvalue weighted by atomic mass is 19.1. The summed E-state index contributed by atoms with van der Waals surface area (Å²) in [5, 5.41) is 23.7. The van der Waals surface area contributed by atoms with Crippen molar-refractivity contribution in [3.8, 4) is 0 Å². The van der Waals surface area contributed by atoms with Crippen molar-refractivity contribution in [2.24, 2.45) is 0 Å². The summed E-state index contributed by atoms with van der Waals surface area (Å²) in [5.41, 5.74) is 3.06. The standard InChI is InChI=1S/C23H27FN8O2/c1-12(2)16-10-20(31-30-16)28-21-15-8-14(33)9-17(15)27-23(29-21)32-7-3-4-18(32)22(34)26-13-5-6-19(24)25-11-13/h5-6,10-12,14,18,33H,3-4,7-9H2,1-2H3,(H,26,34)(H2,27,28,29,30,31)/t14-,18?/m1/s1. The molecule has 2 aliphatic rings. The number of nitrogens with zero attached hydrogens (tertiary/aromatic N) is 5. The molecule has 0 spiro atoms. The number of anilines is 4. The molecular formula is C23H27FN8O2. The van der Waals surface area contributed by atoms with Crippen LogP contribution >= 0.6 is 0 Å². The number of H-pyrrole nitrogens is 1. The van der Waals surface area contributed by atoms with Crippen LogP contribution < -0.4 is 15.5 Å². The third-order valence-corrected chi connectivity index (χ3v) is 6.22. The smallest absolute Gasteiger partial charge is 0.247 e. The van der Waals surface area contributed by atoms with Gasteiger partial charge in [-0.15, -0.1) is 0 Å². The zero-order valence-corrected chi connectivity index (χ0v) is 19.0. The first kappa shape index (κ1) is 22.2. The fourth-order valence-electron chi connectivity index (χ4n) is 4.44. The first-order valence-corrected chi connectivity index (χ1v) is 11.5. The molecule has 0 aromatic carbocycles. The van der Waals surface area contributed by atoms with Gasteiger partial charge in [-0.05, 0) is 30.9 Å².